The highest BCUT2D eigenvalue weighted by molar-refractivity contribution is 6.49. The minimum absolute atomic E-state index is 0.143. The van der Waals surface area contributed by atoms with Crippen molar-refractivity contribution in [2.75, 3.05) is 6.54 Å². The number of nitrogens with zero attached hydrogens (tertiary/aromatic N) is 1. The Bertz CT molecular complexity index is 1070. The van der Waals surface area contributed by atoms with Crippen molar-refractivity contribution in [3.8, 4) is 0 Å². The van der Waals surface area contributed by atoms with Crippen molar-refractivity contribution in [1.29, 1.82) is 0 Å². The molecule has 2 rings (SSSR count). The second kappa shape index (κ2) is 11.6. The van der Waals surface area contributed by atoms with E-state index in [1.54, 1.807) is 17.2 Å². The van der Waals surface area contributed by atoms with Crippen molar-refractivity contribution < 1.29 is 29.0 Å². The third kappa shape index (κ3) is 6.58. The maximum Gasteiger partial charge on any atom is 0.320 e. The average Bonchev–Trinajstić information content (AvgIpc) is 2.79. The molecule has 0 spiro atoms. The van der Waals surface area contributed by atoms with Gasteiger partial charge in [0.2, 0.25) is 17.2 Å². The van der Waals surface area contributed by atoms with E-state index in [2.05, 4.69) is 19.9 Å². The maximum absolute atomic E-state index is 13.3. The normalized spacial score (nSPS) is 22.6. The van der Waals surface area contributed by atoms with E-state index in [4.69, 9.17) is 27.2 Å². The van der Waals surface area contributed by atoms with Crippen LogP contribution in [0, 0.1) is 5.92 Å². The number of halogens is 1. The largest absolute Gasteiger partial charge is 0.480 e. The van der Waals surface area contributed by atoms with Gasteiger partial charge in [-0.1, -0.05) is 49.6 Å². The number of esters is 1. The number of fused-ring (bicyclic) bond motifs is 1. The first-order valence-electron chi connectivity index (χ1n) is 11.6. The van der Waals surface area contributed by atoms with Crippen molar-refractivity contribution in [2.24, 2.45) is 11.7 Å². The van der Waals surface area contributed by atoms with E-state index in [-0.39, 0.29) is 22.6 Å². The zero-order chi connectivity index (χ0) is 26.5. The molecule has 9 heteroatoms. The van der Waals surface area contributed by atoms with Crippen molar-refractivity contribution >= 4 is 35.1 Å². The Morgan fingerprint density at radius 1 is 1.29 bits per heavy atom. The van der Waals surface area contributed by atoms with Crippen LogP contribution in [0.15, 0.2) is 58.0 Å². The summed E-state index contributed by atoms with van der Waals surface area (Å²) in [6.07, 6.45) is 10.8. The van der Waals surface area contributed by atoms with Crippen LogP contribution < -0.4 is 5.73 Å². The Labute approximate surface area is 210 Å². The molecule has 0 aromatic rings. The Morgan fingerprint density at radius 3 is 2.51 bits per heavy atom. The molecule has 2 aliphatic rings. The van der Waals surface area contributed by atoms with Crippen LogP contribution in [0.4, 0.5) is 0 Å². The number of ether oxygens (including phenoxy) is 1. The van der Waals surface area contributed by atoms with Crippen LogP contribution in [0.1, 0.15) is 53.9 Å². The Hall–Kier alpha value is -2.97. The standard InChI is InChI=1S/C26H33ClN2O6/c1-6-15(2)12-16(3)9-10-18-13-19-20(14-29(18)11-7-8-21(28)25(33)34)23(31)26(5,35-17(4)30)24(32)22(19)27/h9-10,12-15,21H,6-8,11,28H2,1-5H3,(H,33,34)/b10-9+,16-12+/t15-,21+,26+/m1/s1. The van der Waals surface area contributed by atoms with Crippen LogP contribution in [0.2, 0.25) is 0 Å². The predicted molar refractivity (Wildman–Crippen MR) is 133 cm³/mol. The molecule has 0 saturated heterocycles. The summed E-state index contributed by atoms with van der Waals surface area (Å²) in [6.45, 7) is 8.92. The van der Waals surface area contributed by atoms with Gasteiger partial charge in [-0.15, -0.1) is 0 Å². The van der Waals surface area contributed by atoms with Crippen LogP contribution in [-0.2, 0) is 23.9 Å². The Balaban J connectivity index is 2.49. The van der Waals surface area contributed by atoms with E-state index in [9.17, 15) is 19.2 Å². The summed E-state index contributed by atoms with van der Waals surface area (Å²) in [5.74, 6) is -2.90. The van der Waals surface area contributed by atoms with Crippen molar-refractivity contribution in [2.45, 2.75) is 65.5 Å². The molecule has 8 nitrogen and oxygen atoms in total. The van der Waals surface area contributed by atoms with Crippen LogP contribution in [0.25, 0.3) is 0 Å². The number of carbonyl (C=O) groups excluding carboxylic acids is 3. The van der Waals surface area contributed by atoms with E-state index >= 15 is 0 Å². The van der Waals surface area contributed by atoms with Gasteiger partial charge in [0.25, 0.3) is 0 Å². The number of hydrogen-bond donors (Lipinski definition) is 2. The summed E-state index contributed by atoms with van der Waals surface area (Å²) in [6, 6.07) is -0.998. The van der Waals surface area contributed by atoms with Gasteiger partial charge in [0.1, 0.15) is 6.04 Å². The first-order valence-corrected chi connectivity index (χ1v) is 11.9. The second-order valence-electron chi connectivity index (χ2n) is 9.03. The van der Waals surface area contributed by atoms with Gasteiger partial charge in [0.05, 0.1) is 5.03 Å². The molecule has 190 valence electrons. The number of aliphatic carboxylic acids is 1. The van der Waals surface area contributed by atoms with Crippen molar-refractivity contribution in [3.63, 3.8) is 0 Å². The first kappa shape index (κ1) is 28.3. The van der Waals surface area contributed by atoms with E-state index < -0.39 is 35.1 Å². The van der Waals surface area contributed by atoms with Gasteiger partial charge in [-0.25, -0.2) is 0 Å². The molecule has 1 aliphatic heterocycles. The molecule has 0 aromatic carbocycles. The van der Waals surface area contributed by atoms with Gasteiger partial charge >= 0.3 is 11.9 Å². The first-order chi connectivity index (χ1) is 16.3. The molecule has 0 amide bonds. The molecule has 0 fully saturated rings. The number of carboxylic acids is 1. The lowest BCUT2D eigenvalue weighted by Crippen LogP contribution is -2.52. The molecule has 0 unspecified atom stereocenters. The molecular weight excluding hydrogens is 472 g/mol. The van der Waals surface area contributed by atoms with Gasteiger partial charge < -0.3 is 20.5 Å². The Kier molecular flexibility index (Phi) is 9.40. The molecule has 35 heavy (non-hydrogen) atoms. The number of hydrogen-bond acceptors (Lipinski definition) is 7. The summed E-state index contributed by atoms with van der Waals surface area (Å²) in [5.41, 5.74) is 5.69. The summed E-state index contributed by atoms with van der Waals surface area (Å²) in [4.78, 5) is 50.6. The third-order valence-electron chi connectivity index (χ3n) is 6.03. The topological polar surface area (TPSA) is 127 Å². The van der Waals surface area contributed by atoms with E-state index in [1.807, 2.05) is 19.1 Å². The molecule has 0 aromatic heterocycles. The van der Waals surface area contributed by atoms with E-state index in [0.717, 1.165) is 18.9 Å². The van der Waals surface area contributed by atoms with Crippen LogP contribution in [-0.4, -0.2) is 51.7 Å². The fourth-order valence-corrected chi connectivity index (χ4v) is 4.16. The molecule has 0 bridgehead atoms. The number of ketones is 2. The lowest BCUT2D eigenvalue weighted by atomic mass is 9.79. The molecule has 1 aliphatic carbocycles. The number of nitrogens with two attached hydrogens (primary N) is 1. The highest BCUT2D eigenvalue weighted by atomic mass is 35.5. The van der Waals surface area contributed by atoms with Crippen LogP contribution >= 0.6 is 11.6 Å². The number of rotatable bonds is 10. The molecule has 0 radical (unpaired) electrons. The number of allylic oxidation sites excluding steroid dienone is 6. The number of Topliss-reactive ketones (excluding diaryl/α,β-unsaturated/α-hetero) is 2. The maximum atomic E-state index is 13.3. The minimum Gasteiger partial charge on any atom is -0.480 e. The molecule has 0 saturated carbocycles. The monoisotopic (exact) mass is 504 g/mol. The average molecular weight is 505 g/mol. The summed E-state index contributed by atoms with van der Waals surface area (Å²) in [7, 11) is 0. The predicted octanol–water partition coefficient (Wildman–Crippen LogP) is 3.78. The van der Waals surface area contributed by atoms with E-state index in [1.165, 1.54) is 6.92 Å². The van der Waals surface area contributed by atoms with Crippen LogP contribution in [0.3, 0.4) is 0 Å². The summed E-state index contributed by atoms with van der Waals surface area (Å²) in [5, 5.41) is 8.87. The molecular formula is C26H33ClN2O6. The lowest BCUT2D eigenvalue weighted by molar-refractivity contribution is -0.167. The lowest BCUT2D eigenvalue weighted by Gasteiger charge is -2.35. The fourth-order valence-electron chi connectivity index (χ4n) is 3.82. The zero-order valence-corrected chi connectivity index (χ0v) is 21.5. The smallest absolute Gasteiger partial charge is 0.320 e. The molecule has 3 N–H and O–H groups in total. The van der Waals surface area contributed by atoms with E-state index in [0.29, 0.717) is 24.6 Å². The molecule has 1 heterocycles. The SMILES string of the molecule is CC[C@@H](C)/C=C(C)/C=C/C1=CC2=C(Cl)C(=O)[C@@](C)(OC(C)=O)C(=O)C2=CN1CCC[C@H](N)C(=O)O. The Morgan fingerprint density at radius 2 is 1.94 bits per heavy atom. The second-order valence-corrected chi connectivity index (χ2v) is 9.41. The van der Waals surface area contributed by atoms with Crippen LogP contribution in [0.5, 0.6) is 0 Å². The van der Waals surface area contributed by atoms with Gasteiger partial charge in [0, 0.05) is 36.5 Å². The highest BCUT2D eigenvalue weighted by Gasteiger charge is 2.52. The van der Waals surface area contributed by atoms with Gasteiger partial charge in [-0.2, -0.15) is 0 Å². The molecule has 3 atom stereocenters. The minimum atomic E-state index is -2.05. The number of carbonyl (C=O) groups is 4. The third-order valence-corrected chi connectivity index (χ3v) is 6.41. The number of carboxylic acid groups (broad SMARTS) is 1. The quantitative estimate of drug-likeness (QED) is 0.261. The fraction of sp³-hybridized carbons (Fsp3) is 0.462. The summed E-state index contributed by atoms with van der Waals surface area (Å²) >= 11 is 6.38. The summed E-state index contributed by atoms with van der Waals surface area (Å²) < 4.78 is 5.11. The van der Waals surface area contributed by atoms with Crippen molar-refractivity contribution in [1.82, 2.24) is 4.90 Å². The highest BCUT2D eigenvalue weighted by Crippen LogP contribution is 2.39. The van der Waals surface area contributed by atoms with Crippen molar-refractivity contribution in [3.05, 3.63) is 58.0 Å². The van der Waals surface area contributed by atoms with Gasteiger partial charge in [-0.3, -0.25) is 19.2 Å². The van der Waals surface area contributed by atoms with Gasteiger partial charge in [-0.05, 0) is 44.8 Å². The zero-order valence-electron chi connectivity index (χ0n) is 20.8. The van der Waals surface area contributed by atoms with Gasteiger partial charge in [0.15, 0.2) is 0 Å².